The van der Waals surface area contributed by atoms with Crippen molar-refractivity contribution in [2.24, 2.45) is 0 Å². The molecule has 0 bridgehead atoms. The minimum atomic E-state index is -0.651. The van der Waals surface area contributed by atoms with Crippen LogP contribution in [0.15, 0.2) is 42.5 Å². The zero-order chi connectivity index (χ0) is 23.9. The standard InChI is InChI=1S/C25H30N4O4/c1-7-29-19-11-9-8-10-15(19)14-20(29)22-26-17-12-16(23(30)32-6)13-18(21(17)28(22)5)27-24(31)33-25(2,3)4/h8-14,22,26H,7H2,1-6H3,(H,27,31). The lowest BCUT2D eigenvalue weighted by molar-refractivity contribution is 0.0596. The lowest BCUT2D eigenvalue weighted by Crippen LogP contribution is -2.29. The van der Waals surface area contributed by atoms with Crippen molar-refractivity contribution in [1.29, 1.82) is 0 Å². The lowest BCUT2D eigenvalue weighted by atomic mass is 10.1. The van der Waals surface area contributed by atoms with Crippen LogP contribution < -0.4 is 15.5 Å². The molecule has 0 saturated heterocycles. The molecule has 174 valence electrons. The Morgan fingerprint density at radius 2 is 1.88 bits per heavy atom. The Morgan fingerprint density at radius 3 is 2.55 bits per heavy atom. The molecule has 0 saturated carbocycles. The molecule has 1 amide bonds. The highest BCUT2D eigenvalue weighted by atomic mass is 16.6. The first-order chi connectivity index (χ1) is 15.6. The number of anilines is 3. The SMILES string of the molecule is CCn1c(C2Nc3cc(C(=O)OC)cc(NC(=O)OC(C)(C)C)c3N2C)cc2ccccc21. The molecule has 1 aliphatic rings. The number of fused-ring (bicyclic) bond motifs is 2. The maximum atomic E-state index is 12.6. The summed E-state index contributed by atoms with van der Waals surface area (Å²) < 4.78 is 12.6. The highest BCUT2D eigenvalue weighted by Crippen LogP contribution is 2.46. The number of methoxy groups -OCH3 is 1. The summed E-state index contributed by atoms with van der Waals surface area (Å²) in [7, 11) is 3.29. The van der Waals surface area contributed by atoms with Gasteiger partial charge in [-0.2, -0.15) is 0 Å². The van der Waals surface area contributed by atoms with Crippen molar-refractivity contribution in [3.63, 3.8) is 0 Å². The third-order valence-electron chi connectivity index (χ3n) is 5.64. The number of carbonyl (C=O) groups is 2. The number of aromatic nitrogens is 1. The number of para-hydroxylation sites is 1. The summed E-state index contributed by atoms with van der Waals surface area (Å²) in [4.78, 5) is 26.9. The number of hydrogen-bond donors (Lipinski definition) is 2. The fourth-order valence-electron chi connectivity index (χ4n) is 4.33. The molecule has 2 heterocycles. The van der Waals surface area contributed by atoms with E-state index in [4.69, 9.17) is 9.47 Å². The summed E-state index contributed by atoms with van der Waals surface area (Å²) in [5.74, 6) is -0.486. The summed E-state index contributed by atoms with van der Waals surface area (Å²) in [5.41, 5.74) is 3.89. The number of benzene rings is 2. The average molecular weight is 451 g/mol. The predicted molar refractivity (Wildman–Crippen MR) is 130 cm³/mol. The molecule has 8 heteroatoms. The van der Waals surface area contributed by atoms with E-state index in [1.165, 1.54) is 7.11 Å². The van der Waals surface area contributed by atoms with E-state index in [0.717, 1.165) is 34.5 Å². The molecule has 1 unspecified atom stereocenters. The largest absolute Gasteiger partial charge is 0.465 e. The van der Waals surface area contributed by atoms with Gasteiger partial charge in [-0.3, -0.25) is 5.32 Å². The molecule has 0 spiro atoms. The summed E-state index contributed by atoms with van der Waals surface area (Å²) in [5, 5.41) is 7.50. The Hall–Kier alpha value is -3.68. The fourth-order valence-corrected chi connectivity index (χ4v) is 4.33. The van der Waals surface area contributed by atoms with Gasteiger partial charge in [-0.1, -0.05) is 18.2 Å². The Morgan fingerprint density at radius 1 is 1.15 bits per heavy atom. The van der Waals surface area contributed by atoms with E-state index in [1.807, 2.05) is 19.2 Å². The van der Waals surface area contributed by atoms with E-state index in [2.05, 4.69) is 45.2 Å². The van der Waals surface area contributed by atoms with Crippen LogP contribution in [0.2, 0.25) is 0 Å². The van der Waals surface area contributed by atoms with Crippen molar-refractivity contribution >= 4 is 40.0 Å². The first kappa shape index (κ1) is 22.5. The Labute approximate surface area is 193 Å². The second kappa shape index (κ2) is 8.35. The second-order valence-electron chi connectivity index (χ2n) is 9.07. The number of carbonyl (C=O) groups excluding carboxylic acids is 2. The monoisotopic (exact) mass is 450 g/mol. The maximum Gasteiger partial charge on any atom is 0.412 e. The van der Waals surface area contributed by atoms with Crippen molar-refractivity contribution in [3.05, 3.63) is 53.7 Å². The van der Waals surface area contributed by atoms with Gasteiger partial charge in [0.15, 0.2) is 0 Å². The number of hydrogen-bond acceptors (Lipinski definition) is 6. The van der Waals surface area contributed by atoms with Crippen LogP contribution in [0.25, 0.3) is 10.9 Å². The van der Waals surface area contributed by atoms with E-state index in [1.54, 1.807) is 32.9 Å². The first-order valence-corrected chi connectivity index (χ1v) is 11.0. The van der Waals surface area contributed by atoms with E-state index >= 15 is 0 Å². The summed E-state index contributed by atoms with van der Waals surface area (Å²) >= 11 is 0. The van der Waals surface area contributed by atoms with Gasteiger partial charge in [0.2, 0.25) is 0 Å². The van der Waals surface area contributed by atoms with Crippen LogP contribution in [0, 0.1) is 0 Å². The third kappa shape index (κ3) is 4.20. The van der Waals surface area contributed by atoms with Crippen molar-refractivity contribution in [2.45, 2.75) is 46.0 Å². The number of amides is 1. The average Bonchev–Trinajstić information content (AvgIpc) is 3.28. The van der Waals surface area contributed by atoms with Gasteiger partial charge in [0.05, 0.1) is 35.4 Å². The minimum Gasteiger partial charge on any atom is -0.465 e. The normalized spacial score (nSPS) is 15.2. The third-order valence-corrected chi connectivity index (χ3v) is 5.64. The van der Waals surface area contributed by atoms with Crippen molar-refractivity contribution in [1.82, 2.24) is 4.57 Å². The number of nitrogens with zero attached hydrogens (tertiary/aromatic N) is 2. The van der Waals surface area contributed by atoms with Gasteiger partial charge in [0, 0.05) is 24.5 Å². The van der Waals surface area contributed by atoms with Crippen LogP contribution in [0.1, 0.15) is 49.9 Å². The molecule has 33 heavy (non-hydrogen) atoms. The Balaban J connectivity index is 1.77. The molecule has 4 rings (SSSR count). The summed E-state index contributed by atoms with van der Waals surface area (Å²) in [6.07, 6.45) is -0.786. The van der Waals surface area contributed by atoms with Gasteiger partial charge in [-0.05, 0) is 52.0 Å². The van der Waals surface area contributed by atoms with Gasteiger partial charge in [0.1, 0.15) is 11.8 Å². The van der Waals surface area contributed by atoms with Gasteiger partial charge >= 0.3 is 12.1 Å². The molecule has 1 atom stereocenters. The van der Waals surface area contributed by atoms with Crippen molar-refractivity contribution in [2.75, 3.05) is 29.7 Å². The van der Waals surface area contributed by atoms with Gasteiger partial charge in [-0.25, -0.2) is 9.59 Å². The fraction of sp³-hybridized carbons (Fsp3) is 0.360. The van der Waals surface area contributed by atoms with E-state index < -0.39 is 17.7 Å². The van der Waals surface area contributed by atoms with E-state index in [0.29, 0.717) is 11.3 Å². The molecule has 0 fully saturated rings. The molecular weight excluding hydrogens is 420 g/mol. The zero-order valence-corrected chi connectivity index (χ0v) is 19.9. The van der Waals surface area contributed by atoms with Crippen LogP contribution >= 0.6 is 0 Å². The predicted octanol–water partition coefficient (Wildman–Crippen LogP) is 5.36. The van der Waals surface area contributed by atoms with Crippen LogP contribution in [0.5, 0.6) is 0 Å². The number of rotatable bonds is 4. The minimum absolute atomic E-state index is 0.195. The first-order valence-electron chi connectivity index (χ1n) is 11.0. The Bertz CT molecular complexity index is 1230. The smallest absolute Gasteiger partial charge is 0.412 e. The molecular formula is C25H30N4O4. The van der Waals surface area contributed by atoms with Crippen molar-refractivity contribution in [3.8, 4) is 0 Å². The molecule has 2 aromatic carbocycles. The maximum absolute atomic E-state index is 12.6. The molecule has 1 aromatic heterocycles. The molecule has 0 aliphatic carbocycles. The highest BCUT2D eigenvalue weighted by Gasteiger charge is 2.34. The summed E-state index contributed by atoms with van der Waals surface area (Å²) in [6, 6.07) is 13.8. The van der Waals surface area contributed by atoms with Crippen LogP contribution in [0.4, 0.5) is 21.9 Å². The van der Waals surface area contributed by atoms with Crippen LogP contribution in [-0.2, 0) is 16.0 Å². The van der Waals surface area contributed by atoms with E-state index in [-0.39, 0.29) is 6.17 Å². The van der Waals surface area contributed by atoms with Crippen LogP contribution in [0.3, 0.4) is 0 Å². The molecule has 2 N–H and O–H groups in total. The van der Waals surface area contributed by atoms with Gasteiger partial charge in [0.25, 0.3) is 0 Å². The quantitative estimate of drug-likeness (QED) is 0.521. The number of ether oxygens (including phenoxy) is 2. The number of esters is 1. The number of nitrogens with one attached hydrogen (secondary N) is 2. The number of aryl methyl sites for hydroxylation is 1. The highest BCUT2D eigenvalue weighted by molar-refractivity contribution is 6.01. The Kier molecular flexibility index (Phi) is 5.69. The van der Waals surface area contributed by atoms with Gasteiger partial charge in [-0.15, -0.1) is 0 Å². The van der Waals surface area contributed by atoms with Crippen LogP contribution in [-0.4, -0.2) is 36.4 Å². The molecule has 3 aromatic rings. The molecule has 0 radical (unpaired) electrons. The van der Waals surface area contributed by atoms with Gasteiger partial charge < -0.3 is 24.3 Å². The zero-order valence-electron chi connectivity index (χ0n) is 19.9. The molecule has 8 nitrogen and oxygen atoms in total. The molecule has 1 aliphatic heterocycles. The van der Waals surface area contributed by atoms with Crippen molar-refractivity contribution < 1.29 is 19.1 Å². The summed E-state index contributed by atoms with van der Waals surface area (Å²) in [6.45, 7) is 8.32. The lowest BCUT2D eigenvalue weighted by Gasteiger charge is -2.25. The van der Waals surface area contributed by atoms with E-state index in [9.17, 15) is 9.59 Å². The second-order valence-corrected chi connectivity index (χ2v) is 9.07. The topological polar surface area (TPSA) is 84.8 Å².